The number of hydrogen-bond donors (Lipinski definition) is 3. The number of carbonyl (C=O) groups excluding carboxylic acids is 1. The van der Waals surface area contributed by atoms with Crippen molar-refractivity contribution in [2.45, 2.75) is 19.4 Å². The van der Waals surface area contributed by atoms with E-state index in [9.17, 15) is 4.79 Å². The van der Waals surface area contributed by atoms with Crippen LogP contribution in [0.1, 0.15) is 11.5 Å². The maximum Gasteiger partial charge on any atom is 0.322 e. The van der Waals surface area contributed by atoms with Gasteiger partial charge < -0.3 is 15.3 Å². The number of benzene rings is 1. The number of aromatic nitrogens is 2. The Hall–Kier alpha value is -2.41. The molecule has 2 aromatic rings. The molecule has 1 aromatic carbocycles. The van der Waals surface area contributed by atoms with Gasteiger partial charge in [-0.05, 0) is 24.1 Å². The summed E-state index contributed by atoms with van der Waals surface area (Å²) in [5.41, 5.74) is 6.63. The average molecular weight is 262 g/mol. The summed E-state index contributed by atoms with van der Waals surface area (Å²) >= 11 is 0. The van der Waals surface area contributed by atoms with Gasteiger partial charge in [-0.15, -0.1) is 5.10 Å². The number of nitrogens with zero attached hydrogens (tertiary/aromatic N) is 2. The molecule has 100 valence electrons. The lowest BCUT2D eigenvalue weighted by atomic mass is 10.1. The van der Waals surface area contributed by atoms with E-state index in [0.29, 0.717) is 12.3 Å². The second kappa shape index (κ2) is 5.49. The Morgan fingerprint density at radius 3 is 2.68 bits per heavy atom. The molecule has 1 aromatic heterocycles. The van der Waals surface area contributed by atoms with Crippen molar-refractivity contribution < 1.29 is 14.3 Å². The van der Waals surface area contributed by atoms with Crippen molar-refractivity contribution in [2.75, 3.05) is 5.32 Å². The van der Waals surface area contributed by atoms with Crippen LogP contribution < -0.4 is 11.1 Å². The Labute approximate surface area is 109 Å². The first-order valence-corrected chi connectivity index (χ1v) is 5.69. The smallest absolute Gasteiger partial charge is 0.322 e. The SMILES string of the molecule is Cc1nnc(NC(=O)[C@@H](N)Cc2ccc(O)cc2)o1. The van der Waals surface area contributed by atoms with Crippen LogP contribution in [-0.2, 0) is 11.2 Å². The zero-order valence-corrected chi connectivity index (χ0v) is 10.3. The Balaban J connectivity index is 1.94. The molecule has 1 amide bonds. The van der Waals surface area contributed by atoms with Gasteiger partial charge in [-0.1, -0.05) is 17.2 Å². The molecule has 0 fully saturated rings. The van der Waals surface area contributed by atoms with Gasteiger partial charge in [0.25, 0.3) is 0 Å². The van der Waals surface area contributed by atoms with E-state index in [-0.39, 0.29) is 11.8 Å². The zero-order chi connectivity index (χ0) is 13.8. The van der Waals surface area contributed by atoms with E-state index in [1.165, 1.54) is 0 Å². The minimum atomic E-state index is -0.739. The van der Waals surface area contributed by atoms with Crippen LogP contribution >= 0.6 is 0 Å². The Morgan fingerprint density at radius 2 is 2.11 bits per heavy atom. The molecule has 0 aliphatic heterocycles. The van der Waals surface area contributed by atoms with E-state index in [1.807, 2.05) is 0 Å². The highest BCUT2D eigenvalue weighted by Gasteiger charge is 2.16. The number of hydrogen-bond acceptors (Lipinski definition) is 6. The number of phenols is 1. The second-order valence-corrected chi connectivity index (χ2v) is 4.09. The third-order valence-electron chi connectivity index (χ3n) is 2.48. The molecule has 0 radical (unpaired) electrons. The number of phenolic OH excluding ortho intramolecular Hbond substituents is 1. The first-order valence-electron chi connectivity index (χ1n) is 5.69. The molecule has 0 saturated carbocycles. The van der Waals surface area contributed by atoms with Gasteiger partial charge in [0.05, 0.1) is 6.04 Å². The van der Waals surface area contributed by atoms with Gasteiger partial charge >= 0.3 is 6.01 Å². The van der Waals surface area contributed by atoms with Crippen LogP contribution in [0.2, 0.25) is 0 Å². The highest BCUT2D eigenvalue weighted by atomic mass is 16.4. The van der Waals surface area contributed by atoms with Gasteiger partial charge in [-0.2, -0.15) is 0 Å². The average Bonchev–Trinajstić information content (AvgIpc) is 2.77. The largest absolute Gasteiger partial charge is 0.508 e. The van der Waals surface area contributed by atoms with Crippen LogP contribution in [0.15, 0.2) is 28.7 Å². The number of rotatable bonds is 4. The van der Waals surface area contributed by atoms with Crippen molar-refractivity contribution >= 4 is 11.9 Å². The van der Waals surface area contributed by atoms with E-state index in [2.05, 4.69) is 15.5 Å². The molecule has 0 aliphatic rings. The monoisotopic (exact) mass is 262 g/mol. The number of aryl methyl sites for hydroxylation is 1. The zero-order valence-electron chi connectivity index (χ0n) is 10.3. The fourth-order valence-electron chi connectivity index (χ4n) is 1.52. The van der Waals surface area contributed by atoms with Crippen molar-refractivity contribution in [3.8, 4) is 5.75 Å². The number of aromatic hydroxyl groups is 1. The molecule has 0 aliphatic carbocycles. The van der Waals surface area contributed by atoms with Crippen molar-refractivity contribution in [1.29, 1.82) is 0 Å². The standard InChI is InChI=1S/C12H14N4O3/c1-7-15-16-12(19-7)14-11(18)10(13)6-8-2-4-9(17)5-3-8/h2-5,10,17H,6,13H2,1H3,(H,14,16,18)/t10-/m0/s1. The van der Waals surface area contributed by atoms with Gasteiger partial charge in [-0.25, -0.2) is 0 Å². The summed E-state index contributed by atoms with van der Waals surface area (Å²) < 4.78 is 5.03. The predicted molar refractivity (Wildman–Crippen MR) is 67.5 cm³/mol. The van der Waals surface area contributed by atoms with Gasteiger partial charge in [0.1, 0.15) is 5.75 Å². The van der Waals surface area contributed by atoms with Crippen molar-refractivity contribution in [2.24, 2.45) is 5.73 Å². The third kappa shape index (κ3) is 3.52. The molecular weight excluding hydrogens is 248 g/mol. The number of amides is 1. The van der Waals surface area contributed by atoms with Crippen LogP contribution in [0, 0.1) is 6.92 Å². The summed E-state index contributed by atoms with van der Waals surface area (Å²) in [6, 6.07) is 5.79. The fraction of sp³-hybridized carbons (Fsp3) is 0.250. The molecular formula is C12H14N4O3. The summed E-state index contributed by atoms with van der Waals surface area (Å²) in [4.78, 5) is 11.8. The third-order valence-corrected chi connectivity index (χ3v) is 2.48. The van der Waals surface area contributed by atoms with Crippen LogP contribution in [0.5, 0.6) is 5.75 Å². The Kier molecular flexibility index (Phi) is 3.76. The van der Waals surface area contributed by atoms with Crippen LogP contribution in [0.4, 0.5) is 6.01 Å². The quantitative estimate of drug-likeness (QED) is 0.743. The lowest BCUT2D eigenvalue weighted by molar-refractivity contribution is -0.117. The molecule has 1 atom stereocenters. The predicted octanol–water partition coefficient (Wildman–Crippen LogP) is 0.592. The Bertz CT molecular complexity index is 565. The van der Waals surface area contributed by atoms with E-state index in [4.69, 9.17) is 15.3 Å². The summed E-state index contributed by atoms with van der Waals surface area (Å²) in [6.45, 7) is 1.62. The molecule has 7 nitrogen and oxygen atoms in total. The highest BCUT2D eigenvalue weighted by Crippen LogP contribution is 2.11. The van der Waals surface area contributed by atoms with E-state index in [1.54, 1.807) is 31.2 Å². The fourth-order valence-corrected chi connectivity index (χ4v) is 1.52. The first-order chi connectivity index (χ1) is 9.04. The van der Waals surface area contributed by atoms with Gasteiger partial charge in [0.15, 0.2) is 0 Å². The topological polar surface area (TPSA) is 114 Å². The number of nitrogens with one attached hydrogen (secondary N) is 1. The summed E-state index contributed by atoms with van der Waals surface area (Å²) in [5, 5.41) is 18.8. The lowest BCUT2D eigenvalue weighted by Gasteiger charge is -2.10. The van der Waals surface area contributed by atoms with Gasteiger partial charge in [0, 0.05) is 6.92 Å². The highest BCUT2D eigenvalue weighted by molar-refractivity contribution is 5.93. The van der Waals surface area contributed by atoms with Crippen LogP contribution in [0.3, 0.4) is 0 Å². The van der Waals surface area contributed by atoms with E-state index < -0.39 is 11.9 Å². The molecule has 0 bridgehead atoms. The van der Waals surface area contributed by atoms with Gasteiger partial charge in [0.2, 0.25) is 11.8 Å². The molecule has 7 heteroatoms. The van der Waals surface area contributed by atoms with Crippen molar-refractivity contribution in [1.82, 2.24) is 10.2 Å². The summed E-state index contributed by atoms with van der Waals surface area (Å²) in [5.74, 6) is 0.127. The van der Waals surface area contributed by atoms with E-state index in [0.717, 1.165) is 5.56 Å². The minimum absolute atomic E-state index is 0.0312. The van der Waals surface area contributed by atoms with Crippen LogP contribution in [0.25, 0.3) is 0 Å². The maximum atomic E-state index is 11.8. The summed E-state index contributed by atoms with van der Waals surface area (Å²) in [6.07, 6.45) is 0.346. The molecule has 0 saturated heterocycles. The number of carbonyl (C=O) groups is 1. The molecule has 0 unspecified atom stereocenters. The summed E-state index contributed by atoms with van der Waals surface area (Å²) in [7, 11) is 0. The molecule has 4 N–H and O–H groups in total. The minimum Gasteiger partial charge on any atom is -0.508 e. The molecule has 0 spiro atoms. The second-order valence-electron chi connectivity index (χ2n) is 4.09. The van der Waals surface area contributed by atoms with Gasteiger partial charge in [-0.3, -0.25) is 10.1 Å². The van der Waals surface area contributed by atoms with Crippen LogP contribution in [-0.4, -0.2) is 27.3 Å². The van der Waals surface area contributed by atoms with Crippen molar-refractivity contribution in [3.63, 3.8) is 0 Å². The number of anilines is 1. The number of nitrogens with two attached hydrogens (primary N) is 1. The van der Waals surface area contributed by atoms with E-state index >= 15 is 0 Å². The molecule has 1 heterocycles. The lowest BCUT2D eigenvalue weighted by Crippen LogP contribution is -2.37. The maximum absolute atomic E-state index is 11.8. The first kappa shape index (κ1) is 13.0. The Morgan fingerprint density at radius 1 is 1.42 bits per heavy atom. The molecule has 19 heavy (non-hydrogen) atoms. The van der Waals surface area contributed by atoms with Crippen molar-refractivity contribution in [3.05, 3.63) is 35.7 Å². The normalized spacial score (nSPS) is 12.1. The molecule has 2 rings (SSSR count).